The van der Waals surface area contributed by atoms with Crippen molar-refractivity contribution >= 4 is 17.2 Å². The van der Waals surface area contributed by atoms with Gasteiger partial charge in [0, 0.05) is 22.4 Å². The highest BCUT2D eigenvalue weighted by atomic mass is 32.1. The van der Waals surface area contributed by atoms with Gasteiger partial charge in [0.1, 0.15) is 17.3 Å². The van der Waals surface area contributed by atoms with Gasteiger partial charge < -0.3 is 0 Å². The third kappa shape index (κ3) is 1.68. The molecule has 3 nitrogen and oxygen atoms in total. The van der Waals surface area contributed by atoms with Crippen LogP contribution in [0.1, 0.15) is 29.7 Å². The topological polar surface area (TPSA) is 64.0 Å². The maximum absolute atomic E-state index is 9.35. The summed E-state index contributed by atoms with van der Waals surface area (Å²) in [7, 11) is 0. The van der Waals surface area contributed by atoms with E-state index in [0.29, 0.717) is 11.4 Å². The fraction of sp³-hybridized carbons (Fsp3) is 0.286. The first-order chi connectivity index (χ1) is 8.81. The first kappa shape index (κ1) is 11.2. The Morgan fingerprint density at radius 1 is 1.33 bits per heavy atom. The first-order valence-electron chi connectivity index (χ1n) is 6.11. The average Bonchev–Trinajstić information content (AvgIpc) is 2.90. The number of nitrogens with two attached hydrogens (primary N) is 1. The lowest BCUT2D eigenvalue weighted by molar-refractivity contribution is -0.374. The Balaban J connectivity index is 2.33. The van der Waals surface area contributed by atoms with Crippen LogP contribution in [0.25, 0.3) is 10.4 Å². The summed E-state index contributed by atoms with van der Waals surface area (Å²) >= 11 is 1.67. The molecule has 0 saturated carbocycles. The maximum Gasteiger partial charge on any atom is 0.289 e. The molecule has 0 saturated heterocycles. The molecule has 0 unspecified atom stereocenters. The molecule has 2 aromatic rings. The van der Waals surface area contributed by atoms with Crippen LogP contribution in [-0.2, 0) is 12.8 Å². The van der Waals surface area contributed by atoms with E-state index < -0.39 is 0 Å². The molecule has 2 aromatic heterocycles. The molecule has 0 radical (unpaired) electrons. The number of anilines is 1. The number of aromatic nitrogens is 1. The monoisotopic (exact) mass is 256 g/mol. The summed E-state index contributed by atoms with van der Waals surface area (Å²) in [6, 6.07) is 6.33. The van der Waals surface area contributed by atoms with Gasteiger partial charge in [-0.1, -0.05) is 6.07 Å². The predicted molar refractivity (Wildman–Crippen MR) is 72.1 cm³/mol. The third-order valence-electron chi connectivity index (χ3n) is 3.45. The van der Waals surface area contributed by atoms with Crippen LogP contribution in [-0.4, -0.2) is 0 Å². The number of hydrogen-bond acceptors (Lipinski definition) is 3. The van der Waals surface area contributed by atoms with Gasteiger partial charge in [0.25, 0.3) is 5.82 Å². The summed E-state index contributed by atoms with van der Waals surface area (Å²) in [6.45, 7) is 0. The van der Waals surface area contributed by atoms with Crippen LogP contribution in [0.2, 0.25) is 0 Å². The van der Waals surface area contributed by atoms with E-state index in [1.165, 1.54) is 24.1 Å². The quantitative estimate of drug-likeness (QED) is 0.852. The number of aryl methyl sites for hydroxylation is 1. The first-order valence-corrected chi connectivity index (χ1v) is 6.99. The van der Waals surface area contributed by atoms with E-state index in [1.54, 1.807) is 11.3 Å². The van der Waals surface area contributed by atoms with Crippen LogP contribution in [0.3, 0.4) is 0 Å². The number of pyridine rings is 1. The van der Waals surface area contributed by atoms with Crippen molar-refractivity contribution in [2.75, 3.05) is 5.73 Å². The number of hydrogen-bond donors (Lipinski definition) is 1. The van der Waals surface area contributed by atoms with E-state index in [1.807, 2.05) is 11.4 Å². The van der Waals surface area contributed by atoms with Crippen LogP contribution in [0, 0.1) is 11.3 Å². The molecular formula is C14H14N3S+. The highest BCUT2D eigenvalue weighted by Crippen LogP contribution is 2.36. The molecule has 2 heterocycles. The molecule has 3 N–H and O–H groups in total. The Hall–Kier alpha value is -1.86. The second-order valence-corrected chi connectivity index (χ2v) is 5.49. The minimum atomic E-state index is 0.501. The maximum atomic E-state index is 9.35. The van der Waals surface area contributed by atoms with Crippen molar-refractivity contribution in [3.8, 4) is 16.5 Å². The standard InChI is InChI=1S/C14H13N3S/c15-8-10-13(12-6-3-7-18-12)9-4-1-2-5-11(9)17-14(10)16/h3,6-7H,1-2,4-5H2,(H2,16,17)/p+1. The third-order valence-corrected chi connectivity index (χ3v) is 4.34. The number of nitrogens with one attached hydrogen (secondary N) is 1. The molecule has 0 amide bonds. The van der Waals surface area contributed by atoms with E-state index in [0.717, 1.165) is 23.3 Å². The molecule has 0 bridgehead atoms. The highest BCUT2D eigenvalue weighted by molar-refractivity contribution is 7.13. The van der Waals surface area contributed by atoms with Gasteiger partial charge in [-0.25, -0.2) is 4.98 Å². The summed E-state index contributed by atoms with van der Waals surface area (Å²) in [5, 5.41) is 11.4. The van der Waals surface area contributed by atoms with Crippen LogP contribution >= 0.6 is 11.3 Å². The Morgan fingerprint density at radius 3 is 2.89 bits per heavy atom. The molecule has 0 fully saturated rings. The molecule has 1 aliphatic carbocycles. The van der Waals surface area contributed by atoms with Crippen molar-refractivity contribution in [3.05, 3.63) is 34.3 Å². The number of H-pyrrole nitrogens is 1. The van der Waals surface area contributed by atoms with Crippen molar-refractivity contribution in [2.45, 2.75) is 25.7 Å². The number of fused-ring (bicyclic) bond motifs is 1. The van der Waals surface area contributed by atoms with Crippen LogP contribution in [0.15, 0.2) is 17.5 Å². The van der Waals surface area contributed by atoms with E-state index in [2.05, 4.69) is 17.1 Å². The van der Waals surface area contributed by atoms with Gasteiger partial charge in [-0.15, -0.1) is 11.3 Å². The van der Waals surface area contributed by atoms with Gasteiger partial charge in [-0.05, 0) is 30.7 Å². The van der Waals surface area contributed by atoms with Crippen LogP contribution in [0.4, 0.5) is 5.82 Å². The van der Waals surface area contributed by atoms with Gasteiger partial charge in [-0.3, -0.25) is 5.73 Å². The number of rotatable bonds is 1. The SMILES string of the molecule is N#Cc1c(N)[nH+]c2c(c1-c1cccs1)CCCC2. The van der Waals surface area contributed by atoms with Gasteiger partial charge in [0.05, 0.1) is 0 Å². The highest BCUT2D eigenvalue weighted by Gasteiger charge is 2.25. The molecule has 0 spiro atoms. The largest absolute Gasteiger partial charge is 0.289 e. The molecule has 0 aromatic carbocycles. The molecule has 0 atom stereocenters. The van der Waals surface area contributed by atoms with Gasteiger partial charge in [-0.2, -0.15) is 5.26 Å². The molecule has 18 heavy (non-hydrogen) atoms. The molecule has 0 aliphatic heterocycles. The second kappa shape index (κ2) is 4.43. The smallest absolute Gasteiger partial charge is 0.286 e. The summed E-state index contributed by atoms with van der Waals surface area (Å²) in [6.07, 6.45) is 4.45. The van der Waals surface area contributed by atoms with Gasteiger partial charge >= 0.3 is 0 Å². The second-order valence-electron chi connectivity index (χ2n) is 4.54. The number of nitrogens with zero attached hydrogens (tertiary/aromatic N) is 1. The summed E-state index contributed by atoms with van der Waals surface area (Å²) < 4.78 is 0. The molecular weight excluding hydrogens is 242 g/mol. The van der Waals surface area contributed by atoms with Gasteiger partial charge in [0.15, 0.2) is 0 Å². The fourth-order valence-corrected chi connectivity index (χ4v) is 3.44. The van der Waals surface area contributed by atoms with E-state index >= 15 is 0 Å². The van der Waals surface area contributed by atoms with E-state index in [4.69, 9.17) is 5.73 Å². The lowest BCUT2D eigenvalue weighted by Crippen LogP contribution is -2.24. The minimum Gasteiger partial charge on any atom is -0.286 e. The number of nitrogen functional groups attached to an aromatic ring is 1. The summed E-state index contributed by atoms with van der Waals surface area (Å²) in [4.78, 5) is 4.35. The lowest BCUT2D eigenvalue weighted by atomic mass is 9.89. The molecule has 90 valence electrons. The zero-order valence-corrected chi connectivity index (χ0v) is 10.8. The number of aromatic amines is 1. The van der Waals surface area contributed by atoms with Crippen molar-refractivity contribution < 1.29 is 4.98 Å². The Labute approximate surface area is 110 Å². The minimum absolute atomic E-state index is 0.501. The van der Waals surface area contributed by atoms with Crippen molar-refractivity contribution in [1.82, 2.24) is 0 Å². The van der Waals surface area contributed by atoms with Crippen LogP contribution < -0.4 is 10.7 Å². The zero-order valence-electron chi connectivity index (χ0n) is 9.99. The zero-order chi connectivity index (χ0) is 12.5. The van der Waals surface area contributed by atoms with E-state index in [9.17, 15) is 5.26 Å². The number of thiophene rings is 1. The van der Waals surface area contributed by atoms with Crippen molar-refractivity contribution in [2.24, 2.45) is 0 Å². The summed E-state index contributed by atoms with van der Waals surface area (Å²) in [5.41, 5.74) is 10.1. The summed E-state index contributed by atoms with van der Waals surface area (Å²) in [5.74, 6) is 0.501. The fourth-order valence-electron chi connectivity index (χ4n) is 2.64. The average molecular weight is 256 g/mol. The molecule has 3 rings (SSSR count). The normalized spacial score (nSPS) is 13.9. The van der Waals surface area contributed by atoms with Crippen molar-refractivity contribution in [1.29, 1.82) is 5.26 Å². The number of nitriles is 1. The van der Waals surface area contributed by atoms with Crippen molar-refractivity contribution in [3.63, 3.8) is 0 Å². The Morgan fingerprint density at radius 2 is 2.17 bits per heavy atom. The Bertz CT molecular complexity index is 623. The lowest BCUT2D eigenvalue weighted by Gasteiger charge is -2.17. The predicted octanol–water partition coefficient (Wildman–Crippen LogP) is 2.56. The Kier molecular flexibility index (Phi) is 2.77. The van der Waals surface area contributed by atoms with E-state index in [-0.39, 0.29) is 0 Å². The van der Waals surface area contributed by atoms with Gasteiger partial charge in [0.2, 0.25) is 0 Å². The van der Waals surface area contributed by atoms with Crippen LogP contribution in [0.5, 0.6) is 0 Å². The molecule has 4 heteroatoms. The molecule has 1 aliphatic rings.